The summed E-state index contributed by atoms with van der Waals surface area (Å²) in [4.78, 5) is 22.3. The number of primary amides is 1. The van der Waals surface area contributed by atoms with E-state index in [0.717, 1.165) is 6.42 Å². The van der Waals surface area contributed by atoms with E-state index in [0.29, 0.717) is 11.1 Å². The van der Waals surface area contributed by atoms with Crippen molar-refractivity contribution in [3.05, 3.63) is 22.4 Å². The van der Waals surface area contributed by atoms with Crippen molar-refractivity contribution >= 4 is 27.9 Å². The van der Waals surface area contributed by atoms with Gasteiger partial charge in [-0.2, -0.15) is 0 Å². The molecule has 7 heteroatoms. The molecular formula is C9H12BrN3O3. The summed E-state index contributed by atoms with van der Waals surface area (Å²) >= 11 is 3.17. The van der Waals surface area contributed by atoms with Crippen LogP contribution < -0.4 is 11.2 Å². The van der Waals surface area contributed by atoms with E-state index in [9.17, 15) is 9.59 Å². The van der Waals surface area contributed by atoms with Crippen molar-refractivity contribution in [1.82, 2.24) is 4.68 Å². The predicted octanol–water partition coefficient (Wildman–Crippen LogP) is 1.44. The summed E-state index contributed by atoms with van der Waals surface area (Å²) in [6.07, 6.45) is 1.60. The molecule has 0 saturated heterocycles. The third kappa shape index (κ3) is 3.27. The maximum Gasteiger partial charge on any atom is 0.426 e. The summed E-state index contributed by atoms with van der Waals surface area (Å²) < 4.78 is 6.65. The Labute approximate surface area is 101 Å². The number of hydrogen-bond acceptors (Lipinski definition) is 3. The molecule has 3 N–H and O–H groups in total. The Morgan fingerprint density at radius 1 is 1.62 bits per heavy atom. The van der Waals surface area contributed by atoms with Crippen molar-refractivity contribution in [3.8, 4) is 0 Å². The smallest absolute Gasteiger partial charge is 0.426 e. The molecule has 0 bridgehead atoms. The van der Waals surface area contributed by atoms with Crippen LogP contribution in [0.5, 0.6) is 0 Å². The Morgan fingerprint density at radius 2 is 2.31 bits per heavy atom. The minimum atomic E-state index is -0.638. The minimum Gasteiger partial charge on any atom is -0.448 e. The molecule has 0 fully saturated rings. The van der Waals surface area contributed by atoms with E-state index in [1.807, 2.05) is 6.92 Å². The molecule has 88 valence electrons. The van der Waals surface area contributed by atoms with E-state index >= 15 is 0 Å². The average Bonchev–Trinajstić information content (AvgIpc) is 2.56. The normalized spacial score (nSPS) is 9.88. The number of amides is 2. The Bertz CT molecular complexity index is 403. The van der Waals surface area contributed by atoms with Gasteiger partial charge in [0.05, 0.1) is 6.61 Å². The summed E-state index contributed by atoms with van der Waals surface area (Å²) in [5.41, 5.74) is 7.67. The highest BCUT2D eigenvalue weighted by molar-refractivity contribution is 9.10. The third-order valence-electron chi connectivity index (χ3n) is 1.69. The predicted molar refractivity (Wildman–Crippen MR) is 61.6 cm³/mol. The maximum atomic E-state index is 11.2. The van der Waals surface area contributed by atoms with Crippen LogP contribution >= 0.6 is 15.9 Å². The second kappa shape index (κ2) is 5.55. The second-order valence-electron chi connectivity index (χ2n) is 3.03. The summed E-state index contributed by atoms with van der Waals surface area (Å²) in [6, 6.07) is 1.50. The van der Waals surface area contributed by atoms with Gasteiger partial charge in [-0.25, -0.2) is 10.2 Å². The van der Waals surface area contributed by atoms with Gasteiger partial charge in [0.15, 0.2) is 0 Å². The van der Waals surface area contributed by atoms with E-state index in [4.69, 9.17) is 10.5 Å². The molecule has 0 aromatic carbocycles. The molecule has 0 radical (unpaired) electrons. The maximum absolute atomic E-state index is 11.2. The van der Waals surface area contributed by atoms with E-state index < -0.39 is 12.0 Å². The third-order valence-corrected chi connectivity index (χ3v) is 2.12. The minimum absolute atomic E-state index is 0.167. The number of carbonyl (C=O) groups is 2. The van der Waals surface area contributed by atoms with Crippen LogP contribution in [0.2, 0.25) is 0 Å². The molecule has 0 unspecified atom stereocenters. The Kier molecular flexibility index (Phi) is 4.36. The van der Waals surface area contributed by atoms with Crippen LogP contribution in [0.1, 0.15) is 23.8 Å². The summed E-state index contributed by atoms with van der Waals surface area (Å²) in [5, 5.41) is 0. The Hall–Kier alpha value is -1.50. The van der Waals surface area contributed by atoms with E-state index in [1.165, 1.54) is 16.9 Å². The number of nitrogens with two attached hydrogens (primary N) is 1. The number of ether oxygens (including phenoxy) is 1. The van der Waals surface area contributed by atoms with Gasteiger partial charge in [0.1, 0.15) is 5.69 Å². The number of rotatable bonds is 4. The summed E-state index contributed by atoms with van der Waals surface area (Å²) in [6.45, 7) is 2.20. The van der Waals surface area contributed by atoms with Gasteiger partial charge in [-0.05, 0) is 28.4 Å². The molecule has 0 aliphatic carbocycles. The van der Waals surface area contributed by atoms with Crippen LogP contribution in [0, 0.1) is 0 Å². The number of carbonyl (C=O) groups excluding carboxylic acids is 2. The molecule has 1 heterocycles. The van der Waals surface area contributed by atoms with Gasteiger partial charge in [0, 0.05) is 10.7 Å². The summed E-state index contributed by atoms with van der Waals surface area (Å²) in [5.74, 6) is -0.638. The van der Waals surface area contributed by atoms with Gasteiger partial charge in [-0.3, -0.25) is 9.47 Å². The zero-order chi connectivity index (χ0) is 12.1. The van der Waals surface area contributed by atoms with Crippen molar-refractivity contribution < 1.29 is 14.3 Å². The Balaban J connectivity index is 2.72. The molecule has 0 saturated carbocycles. The van der Waals surface area contributed by atoms with Crippen LogP contribution in [0.15, 0.2) is 16.7 Å². The topological polar surface area (TPSA) is 86.3 Å². The fourth-order valence-corrected chi connectivity index (χ4v) is 1.46. The average molecular weight is 290 g/mol. The van der Waals surface area contributed by atoms with Gasteiger partial charge in [0.25, 0.3) is 5.91 Å². The number of halogens is 1. The van der Waals surface area contributed by atoms with Crippen LogP contribution in [0.25, 0.3) is 0 Å². The number of nitrogens with zero attached hydrogens (tertiary/aromatic N) is 1. The summed E-state index contributed by atoms with van der Waals surface area (Å²) in [7, 11) is 0. The highest BCUT2D eigenvalue weighted by atomic mass is 79.9. The first kappa shape index (κ1) is 12.6. The van der Waals surface area contributed by atoms with Crippen LogP contribution in [0.4, 0.5) is 4.79 Å². The van der Waals surface area contributed by atoms with Crippen molar-refractivity contribution in [1.29, 1.82) is 0 Å². The molecule has 0 aliphatic heterocycles. The number of nitrogens with one attached hydrogen (secondary N) is 1. The monoisotopic (exact) mass is 289 g/mol. The quantitative estimate of drug-likeness (QED) is 0.879. The first-order valence-corrected chi connectivity index (χ1v) is 5.45. The Morgan fingerprint density at radius 3 is 2.88 bits per heavy atom. The highest BCUT2D eigenvalue weighted by Gasteiger charge is 2.12. The molecule has 1 rings (SSSR count). The first-order valence-electron chi connectivity index (χ1n) is 4.66. The van der Waals surface area contributed by atoms with Gasteiger partial charge in [0.2, 0.25) is 0 Å². The van der Waals surface area contributed by atoms with Crippen molar-refractivity contribution in [2.24, 2.45) is 5.73 Å². The largest absolute Gasteiger partial charge is 0.448 e. The van der Waals surface area contributed by atoms with Crippen LogP contribution in [0.3, 0.4) is 0 Å². The lowest BCUT2D eigenvalue weighted by atomic mass is 10.4. The number of hydrogen-bond donors (Lipinski definition) is 2. The van der Waals surface area contributed by atoms with Crippen molar-refractivity contribution in [2.75, 3.05) is 12.0 Å². The van der Waals surface area contributed by atoms with Gasteiger partial charge in [-0.1, -0.05) is 6.92 Å². The van der Waals surface area contributed by atoms with E-state index in [1.54, 1.807) is 0 Å². The fourth-order valence-electron chi connectivity index (χ4n) is 1.04. The van der Waals surface area contributed by atoms with Crippen LogP contribution in [-0.2, 0) is 4.74 Å². The van der Waals surface area contributed by atoms with Gasteiger partial charge < -0.3 is 10.5 Å². The first-order chi connectivity index (χ1) is 7.54. The molecule has 0 aliphatic rings. The molecule has 1 aromatic heterocycles. The SMILES string of the molecule is CCCOC(=O)Nn1cc(Br)cc1C(N)=O. The number of aromatic nitrogens is 1. The molecule has 2 amide bonds. The van der Waals surface area contributed by atoms with Crippen LogP contribution in [-0.4, -0.2) is 23.3 Å². The van der Waals surface area contributed by atoms with Crippen molar-refractivity contribution in [2.45, 2.75) is 13.3 Å². The molecule has 1 aromatic rings. The molecular weight excluding hydrogens is 278 g/mol. The zero-order valence-electron chi connectivity index (χ0n) is 8.70. The standard InChI is InChI=1S/C9H12BrN3O3/c1-2-3-16-9(15)12-13-5-6(10)4-7(13)8(11)14/h4-5H,2-3H2,1H3,(H2,11,14)(H,12,15). The lowest BCUT2D eigenvalue weighted by molar-refractivity contribution is 0.0992. The molecule has 0 atom stereocenters. The van der Waals surface area contributed by atoms with E-state index in [-0.39, 0.29) is 5.69 Å². The lowest BCUT2D eigenvalue weighted by Gasteiger charge is -2.08. The van der Waals surface area contributed by atoms with Crippen molar-refractivity contribution in [3.63, 3.8) is 0 Å². The lowest BCUT2D eigenvalue weighted by Crippen LogP contribution is -2.28. The molecule has 16 heavy (non-hydrogen) atoms. The van der Waals surface area contributed by atoms with E-state index in [2.05, 4.69) is 21.4 Å². The highest BCUT2D eigenvalue weighted by Crippen LogP contribution is 2.13. The van der Waals surface area contributed by atoms with Gasteiger partial charge >= 0.3 is 6.09 Å². The zero-order valence-corrected chi connectivity index (χ0v) is 10.3. The second-order valence-corrected chi connectivity index (χ2v) is 3.94. The molecule has 0 spiro atoms. The molecule has 6 nitrogen and oxygen atoms in total. The fraction of sp³-hybridized carbons (Fsp3) is 0.333. The van der Waals surface area contributed by atoms with Gasteiger partial charge in [-0.15, -0.1) is 0 Å².